The summed E-state index contributed by atoms with van der Waals surface area (Å²) in [5.41, 5.74) is 3.18. The van der Waals surface area contributed by atoms with Crippen LogP contribution in [0.3, 0.4) is 0 Å². The number of nitrogens with one attached hydrogen (secondary N) is 2. The second-order valence-corrected chi connectivity index (χ2v) is 9.90. The first-order chi connectivity index (χ1) is 18.0. The van der Waals surface area contributed by atoms with Crippen LogP contribution in [0, 0.1) is 0 Å². The minimum Gasteiger partial charge on any atom is -0.473 e. The second kappa shape index (κ2) is 14.6. The molecule has 0 fully saturated rings. The molecular formula is C27H31N3O7S. The number of carbonyl (C=O) groups is 3. The molecule has 1 atom stereocenters. The minimum atomic E-state index is -3.76. The first-order valence-corrected chi connectivity index (χ1v) is 13.2. The Bertz CT molecular complexity index is 1270. The van der Waals surface area contributed by atoms with Gasteiger partial charge in [0.25, 0.3) is 0 Å². The molecule has 3 aromatic rings. The predicted octanol–water partition coefficient (Wildman–Crippen LogP) is 2.48. The lowest BCUT2D eigenvalue weighted by molar-refractivity contribution is -0.159. The Balaban J connectivity index is 0.000000757. The summed E-state index contributed by atoms with van der Waals surface area (Å²) in [6.45, 7) is 2.54. The van der Waals surface area contributed by atoms with E-state index in [2.05, 4.69) is 34.9 Å². The number of carboxylic acid groups (broad SMARTS) is 2. The number of amides is 1. The van der Waals surface area contributed by atoms with E-state index in [1.54, 1.807) is 12.1 Å². The van der Waals surface area contributed by atoms with Crippen LogP contribution in [0.1, 0.15) is 42.0 Å². The molecule has 0 radical (unpaired) electrons. The normalized spacial score (nSPS) is 11.7. The summed E-state index contributed by atoms with van der Waals surface area (Å²) in [6.07, 6.45) is 0.783. The van der Waals surface area contributed by atoms with E-state index >= 15 is 0 Å². The van der Waals surface area contributed by atoms with E-state index in [9.17, 15) is 13.2 Å². The highest BCUT2D eigenvalue weighted by atomic mass is 32.2. The van der Waals surface area contributed by atoms with E-state index in [1.807, 2.05) is 43.3 Å². The molecule has 0 aliphatic carbocycles. The van der Waals surface area contributed by atoms with E-state index in [0.717, 1.165) is 12.0 Å². The van der Waals surface area contributed by atoms with E-state index in [4.69, 9.17) is 24.9 Å². The topological polar surface area (TPSA) is 176 Å². The number of primary sulfonamides is 1. The van der Waals surface area contributed by atoms with Gasteiger partial charge >= 0.3 is 11.9 Å². The molecule has 0 spiro atoms. The van der Waals surface area contributed by atoms with Crippen molar-refractivity contribution in [1.82, 2.24) is 10.6 Å². The van der Waals surface area contributed by atoms with Gasteiger partial charge in [0.1, 0.15) is 0 Å². The molecule has 0 aliphatic heterocycles. The monoisotopic (exact) mass is 541 g/mol. The summed E-state index contributed by atoms with van der Waals surface area (Å²) < 4.78 is 23.1. The molecule has 38 heavy (non-hydrogen) atoms. The SMILES string of the molecule is CC(NCC(=O)NCCC(c1ccccc1)c1ccccc1)c1cccc(S(N)(=O)=O)c1.O=C(O)C(=O)O. The van der Waals surface area contributed by atoms with Crippen LogP contribution in [-0.2, 0) is 24.4 Å². The lowest BCUT2D eigenvalue weighted by Crippen LogP contribution is -2.36. The maximum Gasteiger partial charge on any atom is 0.414 e. The van der Waals surface area contributed by atoms with Crippen LogP contribution in [0.2, 0.25) is 0 Å². The molecule has 11 heteroatoms. The number of sulfonamides is 1. The number of carboxylic acids is 2. The molecule has 0 bridgehead atoms. The molecule has 0 heterocycles. The van der Waals surface area contributed by atoms with E-state index < -0.39 is 22.0 Å². The van der Waals surface area contributed by atoms with Crippen LogP contribution in [-0.4, -0.2) is 49.6 Å². The zero-order valence-electron chi connectivity index (χ0n) is 20.8. The molecule has 0 saturated heterocycles. The molecule has 0 saturated carbocycles. The van der Waals surface area contributed by atoms with Crippen molar-refractivity contribution in [3.63, 3.8) is 0 Å². The Morgan fingerprint density at radius 1 is 0.816 bits per heavy atom. The Morgan fingerprint density at radius 2 is 1.32 bits per heavy atom. The summed E-state index contributed by atoms with van der Waals surface area (Å²) in [6, 6.07) is 26.8. The smallest absolute Gasteiger partial charge is 0.414 e. The second-order valence-electron chi connectivity index (χ2n) is 8.34. The molecule has 3 rings (SSSR count). The molecule has 1 amide bonds. The van der Waals surface area contributed by atoms with Gasteiger partial charge in [-0.3, -0.25) is 4.79 Å². The minimum absolute atomic E-state index is 0.0565. The summed E-state index contributed by atoms with van der Waals surface area (Å²) in [5, 5.41) is 26.1. The average Bonchev–Trinajstić information content (AvgIpc) is 2.90. The molecule has 6 N–H and O–H groups in total. The van der Waals surface area contributed by atoms with Gasteiger partial charge in [-0.2, -0.15) is 0 Å². The van der Waals surface area contributed by atoms with Gasteiger partial charge in [0.2, 0.25) is 15.9 Å². The number of benzene rings is 3. The number of aliphatic carboxylic acids is 2. The van der Waals surface area contributed by atoms with Crippen molar-refractivity contribution in [2.75, 3.05) is 13.1 Å². The van der Waals surface area contributed by atoms with Crippen molar-refractivity contribution in [3.8, 4) is 0 Å². The third kappa shape index (κ3) is 10.1. The molecule has 0 aromatic heterocycles. The van der Waals surface area contributed by atoms with Crippen molar-refractivity contribution in [2.45, 2.75) is 30.2 Å². The Kier molecular flexibility index (Phi) is 11.6. The van der Waals surface area contributed by atoms with Gasteiger partial charge in [-0.15, -0.1) is 0 Å². The fourth-order valence-corrected chi connectivity index (χ4v) is 4.21. The first kappa shape index (κ1) is 30.2. The van der Waals surface area contributed by atoms with Gasteiger partial charge in [-0.25, -0.2) is 23.1 Å². The highest BCUT2D eigenvalue weighted by Gasteiger charge is 2.15. The summed E-state index contributed by atoms with van der Waals surface area (Å²) in [5.74, 6) is -3.56. The van der Waals surface area contributed by atoms with Gasteiger partial charge in [-0.05, 0) is 42.2 Å². The van der Waals surface area contributed by atoms with Crippen molar-refractivity contribution in [2.24, 2.45) is 5.14 Å². The third-order valence-corrected chi connectivity index (χ3v) is 6.51. The molecule has 202 valence electrons. The first-order valence-electron chi connectivity index (χ1n) is 11.7. The maximum absolute atomic E-state index is 12.4. The Morgan fingerprint density at radius 3 is 1.79 bits per heavy atom. The highest BCUT2D eigenvalue weighted by molar-refractivity contribution is 7.89. The van der Waals surface area contributed by atoms with Gasteiger partial charge in [-0.1, -0.05) is 72.8 Å². The number of carbonyl (C=O) groups excluding carboxylic acids is 1. The Hall–Kier alpha value is -4.06. The molecule has 1 unspecified atom stereocenters. The average molecular weight is 542 g/mol. The van der Waals surface area contributed by atoms with Crippen LogP contribution in [0.5, 0.6) is 0 Å². The summed E-state index contributed by atoms with van der Waals surface area (Å²) in [7, 11) is -3.76. The lowest BCUT2D eigenvalue weighted by Gasteiger charge is -2.19. The fraction of sp³-hybridized carbons (Fsp3) is 0.222. The number of hydrogen-bond acceptors (Lipinski definition) is 6. The highest BCUT2D eigenvalue weighted by Crippen LogP contribution is 2.27. The number of rotatable bonds is 10. The van der Waals surface area contributed by atoms with Gasteiger partial charge < -0.3 is 20.8 Å². The van der Waals surface area contributed by atoms with Crippen LogP contribution >= 0.6 is 0 Å². The standard InChI is InChI=1S/C25H29N3O3S.C2H2O4/c1-19(22-13-8-14-23(17-22)32(26,30)31)28-18-25(29)27-16-15-24(20-9-4-2-5-10-20)21-11-6-3-7-12-21;3-1(4)2(5)6/h2-14,17,19,24,28H,15-16,18H2,1H3,(H,27,29)(H2,26,30,31);(H,3,4)(H,5,6). The zero-order chi connectivity index (χ0) is 28.1. The van der Waals surface area contributed by atoms with Gasteiger partial charge in [0, 0.05) is 18.5 Å². The number of hydrogen-bond donors (Lipinski definition) is 5. The largest absolute Gasteiger partial charge is 0.473 e. The fourth-order valence-electron chi connectivity index (χ4n) is 3.64. The van der Waals surface area contributed by atoms with E-state index in [0.29, 0.717) is 6.54 Å². The van der Waals surface area contributed by atoms with Crippen LogP contribution in [0.4, 0.5) is 0 Å². The summed E-state index contributed by atoms with van der Waals surface area (Å²) >= 11 is 0. The quantitative estimate of drug-likeness (QED) is 0.243. The third-order valence-electron chi connectivity index (χ3n) is 5.60. The molecule has 10 nitrogen and oxygen atoms in total. The summed E-state index contributed by atoms with van der Waals surface area (Å²) in [4.78, 5) is 30.6. The predicted molar refractivity (Wildman–Crippen MR) is 142 cm³/mol. The molecule has 0 aliphatic rings. The maximum atomic E-state index is 12.4. The van der Waals surface area contributed by atoms with Gasteiger partial charge in [0.05, 0.1) is 11.4 Å². The van der Waals surface area contributed by atoms with Crippen molar-refractivity contribution in [3.05, 3.63) is 102 Å². The lowest BCUT2D eigenvalue weighted by atomic mass is 9.88. The van der Waals surface area contributed by atoms with Crippen molar-refractivity contribution >= 4 is 27.9 Å². The number of nitrogens with two attached hydrogens (primary N) is 1. The molecule has 3 aromatic carbocycles. The van der Waals surface area contributed by atoms with Crippen LogP contribution in [0.25, 0.3) is 0 Å². The van der Waals surface area contributed by atoms with Gasteiger partial charge in [0.15, 0.2) is 0 Å². The molecular weight excluding hydrogens is 510 g/mol. The Labute approximate surface area is 221 Å². The van der Waals surface area contributed by atoms with Crippen molar-refractivity contribution < 1.29 is 33.0 Å². The zero-order valence-corrected chi connectivity index (χ0v) is 21.6. The van der Waals surface area contributed by atoms with E-state index in [-0.39, 0.29) is 29.3 Å². The van der Waals surface area contributed by atoms with Crippen LogP contribution in [0.15, 0.2) is 89.8 Å². The van der Waals surface area contributed by atoms with E-state index in [1.165, 1.54) is 23.3 Å². The van der Waals surface area contributed by atoms with Crippen molar-refractivity contribution in [1.29, 1.82) is 0 Å². The van der Waals surface area contributed by atoms with Crippen LogP contribution < -0.4 is 15.8 Å².